The number of hydrogen-bond donors (Lipinski definition) is 0. The molecule has 0 bridgehead atoms. The fourth-order valence-electron chi connectivity index (χ4n) is 3.66. The molecular weight excluding hydrogens is 280 g/mol. The lowest BCUT2D eigenvalue weighted by Gasteiger charge is -2.25. The smallest absolute Gasteiger partial charge is 0.232 e. The summed E-state index contributed by atoms with van der Waals surface area (Å²) in [6, 6.07) is 13.4. The highest BCUT2D eigenvalue weighted by atomic mass is 15.0. The molecular formula is C21H23N2+. The summed E-state index contributed by atoms with van der Waals surface area (Å²) in [6.45, 7) is 4.35. The Morgan fingerprint density at radius 2 is 1.91 bits per heavy atom. The summed E-state index contributed by atoms with van der Waals surface area (Å²) in [6.07, 6.45) is 5.94. The summed E-state index contributed by atoms with van der Waals surface area (Å²) in [7, 11) is 2.10. The molecule has 2 heteroatoms. The van der Waals surface area contributed by atoms with Gasteiger partial charge in [-0.1, -0.05) is 36.2 Å². The van der Waals surface area contributed by atoms with E-state index in [1.807, 2.05) is 6.33 Å². The van der Waals surface area contributed by atoms with Crippen molar-refractivity contribution in [2.45, 2.75) is 39.0 Å². The summed E-state index contributed by atoms with van der Waals surface area (Å²) in [5.74, 6) is 0.699. The molecule has 3 aromatic rings. The third-order valence-electron chi connectivity index (χ3n) is 5.23. The Kier molecular flexibility index (Phi) is 3.41. The van der Waals surface area contributed by atoms with Crippen LogP contribution < -0.4 is 4.57 Å². The maximum atomic E-state index is 4.78. The Bertz CT molecular complexity index is 892. The molecule has 0 saturated heterocycles. The fourth-order valence-corrected chi connectivity index (χ4v) is 3.66. The maximum Gasteiger partial charge on any atom is 0.287 e. The zero-order valence-electron chi connectivity index (χ0n) is 14.1. The van der Waals surface area contributed by atoms with Crippen LogP contribution in [0.1, 0.15) is 41.9 Å². The van der Waals surface area contributed by atoms with Crippen molar-refractivity contribution in [3.63, 3.8) is 0 Å². The van der Waals surface area contributed by atoms with E-state index in [0.29, 0.717) is 5.92 Å². The highest BCUT2D eigenvalue weighted by Crippen LogP contribution is 2.40. The number of fused-ring (bicyclic) bond motifs is 1. The number of nitrogens with zero attached hydrogens (tertiary/aromatic N) is 2. The van der Waals surface area contributed by atoms with Gasteiger partial charge in [0, 0.05) is 11.1 Å². The number of aromatic nitrogens is 2. The van der Waals surface area contributed by atoms with E-state index < -0.39 is 0 Å². The molecule has 2 aromatic carbocycles. The molecule has 0 N–H and O–H groups in total. The molecule has 0 atom stereocenters. The van der Waals surface area contributed by atoms with Crippen molar-refractivity contribution in [1.82, 2.24) is 4.98 Å². The average molecular weight is 303 g/mol. The van der Waals surface area contributed by atoms with Gasteiger partial charge in [0.2, 0.25) is 0 Å². The van der Waals surface area contributed by atoms with E-state index in [9.17, 15) is 0 Å². The summed E-state index contributed by atoms with van der Waals surface area (Å²) < 4.78 is 2.16. The Labute approximate surface area is 137 Å². The number of para-hydroxylation sites is 1. The molecule has 1 aliphatic carbocycles. The number of benzene rings is 2. The van der Waals surface area contributed by atoms with Gasteiger partial charge in [-0.25, -0.2) is 4.57 Å². The van der Waals surface area contributed by atoms with Gasteiger partial charge in [-0.15, -0.1) is 0 Å². The van der Waals surface area contributed by atoms with Crippen molar-refractivity contribution in [2.24, 2.45) is 7.05 Å². The second-order valence-electron chi connectivity index (χ2n) is 6.89. The molecule has 0 spiro atoms. The van der Waals surface area contributed by atoms with Crippen LogP contribution in [-0.2, 0) is 7.05 Å². The van der Waals surface area contributed by atoms with E-state index in [2.05, 4.69) is 61.9 Å². The minimum absolute atomic E-state index is 0.699. The Hall–Kier alpha value is -2.22. The molecule has 1 aromatic heterocycles. The summed E-state index contributed by atoms with van der Waals surface area (Å²) in [5, 5.41) is 1.27. The van der Waals surface area contributed by atoms with Gasteiger partial charge in [0.25, 0.3) is 6.33 Å². The lowest BCUT2D eigenvalue weighted by atomic mass is 9.79. The van der Waals surface area contributed by atoms with Gasteiger partial charge in [0.1, 0.15) is 5.69 Å². The van der Waals surface area contributed by atoms with Gasteiger partial charge in [0.05, 0.1) is 12.4 Å². The summed E-state index contributed by atoms with van der Waals surface area (Å²) in [5.41, 5.74) is 7.81. The second kappa shape index (κ2) is 5.45. The first-order valence-corrected chi connectivity index (χ1v) is 8.50. The van der Waals surface area contributed by atoms with Crippen LogP contribution in [0, 0.1) is 13.8 Å². The average Bonchev–Trinajstić information content (AvgIpc) is 2.48. The topological polar surface area (TPSA) is 16.8 Å². The fraction of sp³-hybridized carbons (Fsp3) is 0.333. The van der Waals surface area contributed by atoms with Gasteiger partial charge in [-0.2, -0.15) is 0 Å². The van der Waals surface area contributed by atoms with Crippen molar-refractivity contribution in [3.8, 4) is 11.3 Å². The highest BCUT2D eigenvalue weighted by molar-refractivity contribution is 5.93. The Balaban J connectivity index is 2.02. The van der Waals surface area contributed by atoms with Gasteiger partial charge in [-0.05, 0) is 55.3 Å². The summed E-state index contributed by atoms with van der Waals surface area (Å²) >= 11 is 0. The number of rotatable bonds is 2. The zero-order chi connectivity index (χ0) is 16.0. The number of hydrogen-bond acceptors (Lipinski definition) is 1. The molecule has 23 heavy (non-hydrogen) atoms. The molecule has 4 rings (SSSR count). The van der Waals surface area contributed by atoms with Crippen LogP contribution in [0.5, 0.6) is 0 Å². The normalized spacial score (nSPS) is 14.9. The second-order valence-corrected chi connectivity index (χ2v) is 6.89. The van der Waals surface area contributed by atoms with Gasteiger partial charge in [-0.3, -0.25) is 0 Å². The van der Waals surface area contributed by atoms with Gasteiger partial charge in [0.15, 0.2) is 5.52 Å². The molecule has 0 unspecified atom stereocenters. The van der Waals surface area contributed by atoms with Crippen LogP contribution in [0.4, 0.5) is 0 Å². The SMILES string of the molecule is Cc1ccc(C)c(-c2c3cccc(C4CCC4)c3nc[n+]2C)c1. The molecule has 0 amide bonds. The van der Waals surface area contributed by atoms with Gasteiger partial charge < -0.3 is 0 Å². The first kappa shape index (κ1) is 14.4. The molecule has 1 heterocycles. The van der Waals surface area contributed by atoms with Crippen molar-refractivity contribution in [1.29, 1.82) is 0 Å². The Morgan fingerprint density at radius 1 is 1.09 bits per heavy atom. The van der Waals surface area contributed by atoms with E-state index >= 15 is 0 Å². The first-order valence-electron chi connectivity index (χ1n) is 8.50. The van der Waals surface area contributed by atoms with E-state index in [1.165, 1.54) is 58.1 Å². The van der Waals surface area contributed by atoms with E-state index in [1.54, 1.807) is 0 Å². The van der Waals surface area contributed by atoms with E-state index in [4.69, 9.17) is 4.98 Å². The predicted molar refractivity (Wildman–Crippen MR) is 94.4 cm³/mol. The lowest BCUT2D eigenvalue weighted by Crippen LogP contribution is -2.32. The molecule has 0 aliphatic heterocycles. The largest absolute Gasteiger partial charge is 0.287 e. The standard InChI is InChI=1S/C21H23N2/c1-14-10-11-15(2)19(12-14)21-18-9-5-8-17(16-6-4-7-16)20(18)22-13-23(21)3/h5,8-13,16H,4,6-7H2,1-3H3/q+1. The van der Waals surface area contributed by atoms with Gasteiger partial charge >= 0.3 is 0 Å². The molecule has 116 valence electrons. The Morgan fingerprint density at radius 3 is 2.65 bits per heavy atom. The van der Waals surface area contributed by atoms with Crippen LogP contribution in [0.3, 0.4) is 0 Å². The maximum absolute atomic E-state index is 4.78. The van der Waals surface area contributed by atoms with Crippen LogP contribution in [-0.4, -0.2) is 4.98 Å². The van der Waals surface area contributed by atoms with E-state index in [-0.39, 0.29) is 0 Å². The predicted octanol–water partition coefficient (Wildman–Crippen LogP) is 4.61. The van der Waals surface area contributed by atoms with Crippen molar-refractivity contribution in [3.05, 3.63) is 59.4 Å². The minimum Gasteiger partial charge on any atom is -0.232 e. The van der Waals surface area contributed by atoms with Crippen LogP contribution in [0.25, 0.3) is 22.2 Å². The molecule has 2 nitrogen and oxygen atoms in total. The lowest BCUT2D eigenvalue weighted by molar-refractivity contribution is -0.662. The quantitative estimate of drug-likeness (QED) is 0.632. The van der Waals surface area contributed by atoms with Crippen LogP contribution in [0.2, 0.25) is 0 Å². The molecule has 1 fully saturated rings. The summed E-state index contributed by atoms with van der Waals surface area (Å²) in [4.78, 5) is 4.78. The zero-order valence-corrected chi connectivity index (χ0v) is 14.1. The van der Waals surface area contributed by atoms with Crippen LogP contribution in [0.15, 0.2) is 42.7 Å². The third kappa shape index (κ3) is 2.33. The molecule has 0 radical (unpaired) electrons. The van der Waals surface area contributed by atoms with Crippen molar-refractivity contribution >= 4 is 10.9 Å². The first-order chi connectivity index (χ1) is 11.1. The van der Waals surface area contributed by atoms with Crippen molar-refractivity contribution < 1.29 is 4.57 Å². The van der Waals surface area contributed by atoms with Crippen molar-refractivity contribution in [2.75, 3.05) is 0 Å². The van der Waals surface area contributed by atoms with Crippen LogP contribution >= 0.6 is 0 Å². The highest BCUT2D eigenvalue weighted by Gasteiger charge is 2.26. The monoisotopic (exact) mass is 303 g/mol. The molecule has 1 aliphatic rings. The molecule has 1 saturated carbocycles. The number of aryl methyl sites for hydroxylation is 3. The third-order valence-corrected chi connectivity index (χ3v) is 5.23. The van der Waals surface area contributed by atoms with E-state index in [0.717, 1.165) is 0 Å². The minimum atomic E-state index is 0.699.